The molecule has 0 amide bonds. The fourth-order valence-electron chi connectivity index (χ4n) is 2.20. The van der Waals surface area contributed by atoms with Crippen molar-refractivity contribution in [2.75, 3.05) is 32.8 Å². The quantitative estimate of drug-likeness (QED) is 0.693. The normalized spacial score (nSPS) is 21.1. The molecule has 5 nitrogen and oxygen atoms in total. The van der Waals surface area contributed by atoms with Gasteiger partial charge >= 0.3 is 11.9 Å². The maximum absolute atomic E-state index is 11.6. The number of hydrogen-bond donors (Lipinski definition) is 0. The lowest BCUT2D eigenvalue weighted by molar-refractivity contribution is -0.148. The largest absolute Gasteiger partial charge is 0.466 e. The Hall–Kier alpha value is -1.10. The number of likely N-dealkylation sites (tertiary alicyclic amines) is 1. The zero-order chi connectivity index (χ0) is 13.4. The molecule has 18 heavy (non-hydrogen) atoms. The highest BCUT2D eigenvalue weighted by molar-refractivity contribution is 5.73. The van der Waals surface area contributed by atoms with E-state index in [1.54, 1.807) is 6.92 Å². The van der Waals surface area contributed by atoms with Gasteiger partial charge in [0.1, 0.15) is 0 Å². The van der Waals surface area contributed by atoms with Gasteiger partial charge in [-0.15, -0.1) is 0 Å². The third-order valence-electron chi connectivity index (χ3n) is 3.10. The predicted molar refractivity (Wildman–Crippen MR) is 67.0 cm³/mol. The molecule has 0 N–H and O–H groups in total. The van der Waals surface area contributed by atoms with Gasteiger partial charge in [-0.25, -0.2) is 0 Å². The Morgan fingerprint density at radius 2 is 1.83 bits per heavy atom. The molecule has 1 saturated heterocycles. The number of hydrogen-bond acceptors (Lipinski definition) is 5. The lowest BCUT2D eigenvalue weighted by atomic mass is 10.0. The van der Waals surface area contributed by atoms with Crippen LogP contribution in [0.3, 0.4) is 0 Å². The Morgan fingerprint density at radius 3 is 2.50 bits per heavy atom. The van der Waals surface area contributed by atoms with Crippen LogP contribution in [-0.4, -0.2) is 49.7 Å². The van der Waals surface area contributed by atoms with Crippen LogP contribution in [0.5, 0.6) is 0 Å². The van der Waals surface area contributed by atoms with Crippen LogP contribution in [0.4, 0.5) is 0 Å². The second-order valence-corrected chi connectivity index (χ2v) is 4.46. The molecule has 1 rings (SSSR count). The van der Waals surface area contributed by atoms with Crippen LogP contribution in [0, 0.1) is 5.92 Å². The zero-order valence-corrected chi connectivity index (χ0v) is 11.3. The summed E-state index contributed by atoms with van der Waals surface area (Å²) in [5.74, 6) is -0.306. The van der Waals surface area contributed by atoms with Crippen molar-refractivity contribution in [1.29, 1.82) is 0 Å². The topological polar surface area (TPSA) is 55.8 Å². The van der Waals surface area contributed by atoms with E-state index in [0.717, 1.165) is 32.4 Å². The smallest absolute Gasteiger partial charge is 0.320 e. The monoisotopic (exact) mass is 257 g/mol. The molecule has 0 aromatic rings. The molecule has 1 atom stereocenters. The first-order valence-corrected chi connectivity index (χ1v) is 6.72. The maximum Gasteiger partial charge on any atom is 0.320 e. The van der Waals surface area contributed by atoms with Gasteiger partial charge < -0.3 is 9.47 Å². The van der Waals surface area contributed by atoms with Crippen molar-refractivity contribution in [2.45, 2.75) is 33.1 Å². The summed E-state index contributed by atoms with van der Waals surface area (Å²) < 4.78 is 9.97. The Morgan fingerprint density at radius 1 is 1.11 bits per heavy atom. The van der Waals surface area contributed by atoms with Crippen molar-refractivity contribution in [2.24, 2.45) is 5.92 Å². The molecule has 0 aromatic carbocycles. The van der Waals surface area contributed by atoms with Crippen molar-refractivity contribution < 1.29 is 19.1 Å². The molecule has 0 aliphatic carbocycles. The van der Waals surface area contributed by atoms with Crippen molar-refractivity contribution in [1.82, 2.24) is 4.90 Å². The molecule has 0 radical (unpaired) electrons. The molecule has 1 unspecified atom stereocenters. The third-order valence-corrected chi connectivity index (χ3v) is 3.10. The van der Waals surface area contributed by atoms with Gasteiger partial charge in [-0.2, -0.15) is 0 Å². The molecule has 0 spiro atoms. The highest BCUT2D eigenvalue weighted by atomic mass is 16.5. The molecule has 104 valence electrons. The molecule has 1 fully saturated rings. The number of nitrogens with zero attached hydrogens (tertiary/aromatic N) is 1. The molecular formula is C13H23NO4. The summed E-state index contributed by atoms with van der Waals surface area (Å²) >= 11 is 0. The van der Waals surface area contributed by atoms with Crippen LogP contribution >= 0.6 is 0 Å². The standard InChI is InChI=1S/C13H23NO4/c1-3-17-12(15)10-14-8-5-6-11(7-9-14)13(16)18-4-2/h11H,3-10H2,1-2H3. The fraction of sp³-hybridized carbons (Fsp3) is 0.846. The van der Waals surface area contributed by atoms with Crippen LogP contribution in [0.15, 0.2) is 0 Å². The summed E-state index contributed by atoms with van der Waals surface area (Å²) in [6, 6.07) is 0. The number of esters is 2. The zero-order valence-electron chi connectivity index (χ0n) is 11.3. The van der Waals surface area contributed by atoms with Gasteiger partial charge in [0, 0.05) is 0 Å². The second kappa shape index (κ2) is 8.08. The Bertz CT molecular complexity index is 280. The van der Waals surface area contributed by atoms with Gasteiger partial charge in [-0.1, -0.05) is 0 Å². The Balaban J connectivity index is 2.36. The van der Waals surface area contributed by atoms with Crippen LogP contribution in [0.1, 0.15) is 33.1 Å². The van der Waals surface area contributed by atoms with E-state index >= 15 is 0 Å². The van der Waals surface area contributed by atoms with Gasteiger partial charge in [-0.3, -0.25) is 14.5 Å². The van der Waals surface area contributed by atoms with E-state index in [1.165, 1.54) is 0 Å². The first kappa shape index (κ1) is 15.0. The third kappa shape index (κ3) is 5.04. The molecule has 1 aliphatic heterocycles. The minimum Gasteiger partial charge on any atom is -0.466 e. The first-order chi connectivity index (χ1) is 8.67. The van der Waals surface area contributed by atoms with Crippen LogP contribution in [0.25, 0.3) is 0 Å². The molecule has 1 aliphatic rings. The van der Waals surface area contributed by atoms with E-state index in [1.807, 2.05) is 6.92 Å². The summed E-state index contributed by atoms with van der Waals surface area (Å²) in [4.78, 5) is 25.1. The van der Waals surface area contributed by atoms with E-state index in [0.29, 0.717) is 19.8 Å². The highest BCUT2D eigenvalue weighted by Gasteiger charge is 2.24. The molecule has 0 bridgehead atoms. The lowest BCUT2D eigenvalue weighted by Crippen LogP contribution is -2.32. The van der Waals surface area contributed by atoms with Gasteiger partial charge in [-0.05, 0) is 46.2 Å². The second-order valence-electron chi connectivity index (χ2n) is 4.46. The van der Waals surface area contributed by atoms with Gasteiger partial charge in [0.15, 0.2) is 0 Å². The van der Waals surface area contributed by atoms with Crippen LogP contribution < -0.4 is 0 Å². The van der Waals surface area contributed by atoms with E-state index in [-0.39, 0.29) is 17.9 Å². The Labute approximate surface area is 108 Å². The van der Waals surface area contributed by atoms with Crippen molar-refractivity contribution in [3.63, 3.8) is 0 Å². The number of rotatable bonds is 5. The predicted octanol–water partition coefficient (Wildman–Crippen LogP) is 1.21. The summed E-state index contributed by atoms with van der Waals surface area (Å²) in [6.45, 7) is 6.39. The maximum atomic E-state index is 11.6. The van der Waals surface area contributed by atoms with Crippen molar-refractivity contribution in [3.05, 3.63) is 0 Å². The van der Waals surface area contributed by atoms with E-state index in [4.69, 9.17) is 9.47 Å². The SMILES string of the molecule is CCOC(=O)CN1CCCC(C(=O)OCC)CC1. The first-order valence-electron chi connectivity index (χ1n) is 6.72. The van der Waals surface area contributed by atoms with E-state index < -0.39 is 0 Å². The number of ether oxygens (including phenoxy) is 2. The van der Waals surface area contributed by atoms with Crippen molar-refractivity contribution in [3.8, 4) is 0 Å². The minimum absolute atomic E-state index is 0.0165. The summed E-state index contributed by atoms with van der Waals surface area (Å²) in [5.41, 5.74) is 0. The van der Waals surface area contributed by atoms with Crippen molar-refractivity contribution >= 4 is 11.9 Å². The molecular weight excluding hydrogens is 234 g/mol. The fourth-order valence-corrected chi connectivity index (χ4v) is 2.20. The van der Waals surface area contributed by atoms with Gasteiger partial charge in [0.25, 0.3) is 0 Å². The average Bonchev–Trinajstić information content (AvgIpc) is 2.55. The Kier molecular flexibility index (Phi) is 6.72. The van der Waals surface area contributed by atoms with Gasteiger partial charge in [0.2, 0.25) is 0 Å². The molecule has 0 aromatic heterocycles. The number of carbonyl (C=O) groups is 2. The summed E-state index contributed by atoms with van der Waals surface area (Å²) in [7, 11) is 0. The molecule has 5 heteroatoms. The highest BCUT2D eigenvalue weighted by Crippen LogP contribution is 2.18. The van der Waals surface area contributed by atoms with Crippen LogP contribution in [-0.2, 0) is 19.1 Å². The summed E-state index contributed by atoms with van der Waals surface area (Å²) in [6.07, 6.45) is 2.53. The summed E-state index contributed by atoms with van der Waals surface area (Å²) in [5, 5.41) is 0. The average molecular weight is 257 g/mol. The van der Waals surface area contributed by atoms with E-state index in [2.05, 4.69) is 4.90 Å². The molecule has 0 saturated carbocycles. The molecule has 1 heterocycles. The van der Waals surface area contributed by atoms with Crippen LogP contribution in [0.2, 0.25) is 0 Å². The number of carbonyl (C=O) groups excluding carboxylic acids is 2. The minimum atomic E-state index is -0.188. The lowest BCUT2D eigenvalue weighted by Gasteiger charge is -2.18. The van der Waals surface area contributed by atoms with E-state index in [9.17, 15) is 9.59 Å². The van der Waals surface area contributed by atoms with Gasteiger partial charge in [0.05, 0.1) is 25.7 Å².